The van der Waals surface area contributed by atoms with Crippen molar-refractivity contribution in [1.29, 1.82) is 0 Å². The van der Waals surface area contributed by atoms with Crippen molar-refractivity contribution in [3.05, 3.63) is 70.2 Å². The molecule has 20 heavy (non-hydrogen) atoms. The highest BCUT2D eigenvalue weighted by molar-refractivity contribution is 7.10. The highest BCUT2D eigenvalue weighted by Gasteiger charge is 2.17. The summed E-state index contributed by atoms with van der Waals surface area (Å²) < 4.78 is 1.79. The Balaban J connectivity index is 1.91. The van der Waals surface area contributed by atoms with Crippen LogP contribution in [-0.2, 0) is 6.42 Å². The van der Waals surface area contributed by atoms with Gasteiger partial charge in [0.1, 0.15) is 6.10 Å². The van der Waals surface area contributed by atoms with Gasteiger partial charge in [0.2, 0.25) is 0 Å². The molecule has 3 aromatic rings. The average Bonchev–Trinajstić information content (AvgIpc) is 3.16. The van der Waals surface area contributed by atoms with Crippen LogP contribution in [0.25, 0.3) is 5.69 Å². The van der Waals surface area contributed by atoms with Crippen molar-refractivity contribution in [1.82, 2.24) is 9.78 Å². The van der Waals surface area contributed by atoms with E-state index in [0.29, 0.717) is 0 Å². The summed E-state index contributed by atoms with van der Waals surface area (Å²) in [6.45, 7) is 2.10. The van der Waals surface area contributed by atoms with E-state index in [9.17, 15) is 5.11 Å². The molecule has 0 fully saturated rings. The number of benzene rings is 1. The Kier molecular flexibility index (Phi) is 3.67. The number of thiophene rings is 1. The lowest BCUT2D eigenvalue weighted by Gasteiger charge is -2.08. The monoisotopic (exact) mass is 284 g/mol. The fourth-order valence-corrected chi connectivity index (χ4v) is 3.24. The van der Waals surface area contributed by atoms with E-state index in [1.54, 1.807) is 22.2 Å². The minimum Gasteiger partial charge on any atom is -0.383 e. The van der Waals surface area contributed by atoms with Gasteiger partial charge in [-0.15, -0.1) is 11.3 Å². The largest absolute Gasteiger partial charge is 0.383 e. The molecule has 0 bridgehead atoms. The maximum atomic E-state index is 10.5. The molecule has 2 aromatic heterocycles. The second kappa shape index (κ2) is 5.61. The Hall–Kier alpha value is -1.91. The number of hydrogen-bond acceptors (Lipinski definition) is 3. The number of aromatic nitrogens is 2. The van der Waals surface area contributed by atoms with Gasteiger partial charge in [0, 0.05) is 16.6 Å². The van der Waals surface area contributed by atoms with E-state index in [1.807, 2.05) is 41.9 Å². The summed E-state index contributed by atoms with van der Waals surface area (Å²) in [4.78, 5) is 1.01. The predicted octanol–water partition coefficient (Wildman–Crippen LogP) is 3.58. The summed E-state index contributed by atoms with van der Waals surface area (Å²) in [6, 6.07) is 12.0. The van der Waals surface area contributed by atoms with Gasteiger partial charge in [0.25, 0.3) is 0 Å². The SMILES string of the molecule is CCc1ccsc1C(O)c1cnn(-c2ccccc2)c1. The summed E-state index contributed by atoms with van der Waals surface area (Å²) in [6.07, 6.45) is 3.96. The first kappa shape index (κ1) is 13.1. The van der Waals surface area contributed by atoms with E-state index in [-0.39, 0.29) is 0 Å². The number of aliphatic hydroxyl groups excluding tert-OH is 1. The summed E-state index contributed by atoms with van der Waals surface area (Å²) in [5, 5.41) is 16.9. The van der Waals surface area contributed by atoms with Crippen LogP contribution in [0.15, 0.2) is 54.2 Å². The molecule has 1 unspecified atom stereocenters. The zero-order chi connectivity index (χ0) is 13.9. The fourth-order valence-electron chi connectivity index (χ4n) is 2.23. The standard InChI is InChI=1S/C16H16N2OS/c1-2-12-8-9-20-16(12)15(19)13-10-17-18(11-13)14-6-4-3-5-7-14/h3-11,15,19H,2H2,1H3. The number of para-hydroxylation sites is 1. The van der Waals surface area contributed by atoms with Gasteiger partial charge in [0.15, 0.2) is 0 Å². The van der Waals surface area contributed by atoms with E-state index >= 15 is 0 Å². The zero-order valence-electron chi connectivity index (χ0n) is 11.2. The maximum absolute atomic E-state index is 10.5. The van der Waals surface area contributed by atoms with Crippen molar-refractivity contribution < 1.29 is 5.11 Å². The second-order valence-corrected chi connectivity index (χ2v) is 5.57. The highest BCUT2D eigenvalue weighted by Crippen LogP contribution is 2.30. The van der Waals surface area contributed by atoms with Gasteiger partial charge in [-0.2, -0.15) is 5.10 Å². The van der Waals surface area contributed by atoms with Crippen LogP contribution in [0.3, 0.4) is 0 Å². The van der Waals surface area contributed by atoms with Gasteiger partial charge >= 0.3 is 0 Å². The number of hydrogen-bond donors (Lipinski definition) is 1. The molecular formula is C16H16N2OS. The minimum absolute atomic E-state index is 0.595. The van der Waals surface area contributed by atoms with Crippen LogP contribution in [-0.4, -0.2) is 14.9 Å². The van der Waals surface area contributed by atoms with E-state index in [2.05, 4.69) is 18.1 Å². The predicted molar refractivity (Wildman–Crippen MR) is 81.3 cm³/mol. The lowest BCUT2D eigenvalue weighted by molar-refractivity contribution is 0.223. The normalized spacial score (nSPS) is 12.5. The van der Waals surface area contributed by atoms with Crippen LogP contribution in [0.4, 0.5) is 0 Å². The third kappa shape index (κ3) is 2.40. The maximum Gasteiger partial charge on any atom is 0.116 e. The fraction of sp³-hybridized carbons (Fsp3) is 0.188. The molecule has 1 atom stereocenters. The quantitative estimate of drug-likeness (QED) is 0.795. The van der Waals surface area contributed by atoms with Crippen molar-refractivity contribution in [3.8, 4) is 5.69 Å². The van der Waals surface area contributed by atoms with Crippen molar-refractivity contribution in [2.75, 3.05) is 0 Å². The molecule has 4 heteroatoms. The van der Waals surface area contributed by atoms with E-state index in [4.69, 9.17) is 0 Å². The van der Waals surface area contributed by atoms with Gasteiger partial charge < -0.3 is 5.11 Å². The molecule has 0 radical (unpaired) electrons. The lowest BCUT2D eigenvalue weighted by atomic mass is 10.1. The summed E-state index contributed by atoms with van der Waals surface area (Å²) >= 11 is 1.60. The number of aryl methyl sites for hydroxylation is 1. The Morgan fingerprint density at radius 3 is 2.80 bits per heavy atom. The van der Waals surface area contributed by atoms with Crippen LogP contribution in [0.5, 0.6) is 0 Å². The van der Waals surface area contributed by atoms with Crippen LogP contribution >= 0.6 is 11.3 Å². The molecule has 2 heterocycles. The van der Waals surface area contributed by atoms with E-state index in [1.165, 1.54) is 5.56 Å². The van der Waals surface area contributed by atoms with E-state index < -0.39 is 6.10 Å². The molecule has 0 aliphatic heterocycles. The molecular weight excluding hydrogens is 268 g/mol. The van der Waals surface area contributed by atoms with Crippen LogP contribution < -0.4 is 0 Å². The third-order valence-electron chi connectivity index (χ3n) is 3.35. The molecule has 0 aliphatic carbocycles. The first-order valence-corrected chi connectivity index (χ1v) is 7.52. The lowest BCUT2D eigenvalue weighted by Crippen LogP contribution is -1.99. The topological polar surface area (TPSA) is 38.1 Å². The van der Waals surface area contributed by atoms with Crippen LogP contribution in [0.1, 0.15) is 29.0 Å². The second-order valence-electron chi connectivity index (χ2n) is 4.62. The van der Waals surface area contributed by atoms with Crippen molar-refractivity contribution in [2.45, 2.75) is 19.4 Å². The first-order valence-electron chi connectivity index (χ1n) is 6.64. The van der Waals surface area contributed by atoms with Gasteiger partial charge in [-0.3, -0.25) is 0 Å². The Labute approximate surface area is 122 Å². The van der Waals surface area contributed by atoms with Crippen LogP contribution in [0.2, 0.25) is 0 Å². The summed E-state index contributed by atoms with van der Waals surface area (Å²) in [5.74, 6) is 0. The zero-order valence-corrected chi connectivity index (χ0v) is 12.0. The van der Waals surface area contributed by atoms with Crippen LogP contribution in [0, 0.1) is 0 Å². The first-order chi connectivity index (χ1) is 9.79. The number of nitrogens with zero attached hydrogens (tertiary/aromatic N) is 2. The van der Waals surface area contributed by atoms with Gasteiger partial charge in [-0.1, -0.05) is 25.1 Å². The van der Waals surface area contributed by atoms with Crippen molar-refractivity contribution >= 4 is 11.3 Å². The minimum atomic E-state index is -0.595. The molecule has 1 N–H and O–H groups in total. The van der Waals surface area contributed by atoms with Gasteiger partial charge in [-0.05, 0) is 35.6 Å². The van der Waals surface area contributed by atoms with Crippen molar-refractivity contribution in [3.63, 3.8) is 0 Å². The molecule has 3 rings (SSSR count). The molecule has 0 saturated heterocycles. The smallest absolute Gasteiger partial charge is 0.116 e. The Bertz CT molecular complexity index is 687. The summed E-state index contributed by atoms with van der Waals surface area (Å²) in [7, 11) is 0. The van der Waals surface area contributed by atoms with Gasteiger partial charge in [0.05, 0.1) is 11.9 Å². The molecule has 0 saturated carbocycles. The average molecular weight is 284 g/mol. The van der Waals surface area contributed by atoms with Gasteiger partial charge in [-0.25, -0.2) is 4.68 Å². The molecule has 102 valence electrons. The molecule has 0 aliphatic rings. The van der Waals surface area contributed by atoms with Crippen molar-refractivity contribution in [2.24, 2.45) is 0 Å². The Morgan fingerprint density at radius 2 is 2.05 bits per heavy atom. The highest BCUT2D eigenvalue weighted by atomic mass is 32.1. The third-order valence-corrected chi connectivity index (χ3v) is 4.36. The summed E-state index contributed by atoms with van der Waals surface area (Å²) in [5.41, 5.74) is 3.02. The molecule has 0 amide bonds. The number of aliphatic hydroxyl groups is 1. The molecule has 1 aromatic carbocycles. The molecule has 0 spiro atoms. The Morgan fingerprint density at radius 1 is 1.25 bits per heavy atom. The molecule has 3 nitrogen and oxygen atoms in total. The van der Waals surface area contributed by atoms with E-state index in [0.717, 1.165) is 22.5 Å². The number of rotatable bonds is 4.